The van der Waals surface area contributed by atoms with Gasteiger partial charge in [0.25, 0.3) is 0 Å². The predicted octanol–water partition coefficient (Wildman–Crippen LogP) is 1.02. The quantitative estimate of drug-likeness (QED) is 0.883. The van der Waals surface area contributed by atoms with Gasteiger partial charge < -0.3 is 10.2 Å². The normalized spacial score (nSPS) is 20.1. The van der Waals surface area contributed by atoms with Crippen LogP contribution in [-0.4, -0.2) is 34.3 Å². The summed E-state index contributed by atoms with van der Waals surface area (Å²) in [6, 6.07) is 1.53. The maximum absolute atomic E-state index is 12.3. The molecule has 1 atom stereocenters. The van der Waals surface area contributed by atoms with Gasteiger partial charge in [-0.3, -0.25) is 14.6 Å². The van der Waals surface area contributed by atoms with Crippen LogP contribution in [0.15, 0.2) is 18.5 Å². The van der Waals surface area contributed by atoms with Gasteiger partial charge >= 0.3 is 0 Å². The van der Waals surface area contributed by atoms with E-state index >= 15 is 0 Å². The van der Waals surface area contributed by atoms with Crippen molar-refractivity contribution < 1.29 is 9.59 Å². The summed E-state index contributed by atoms with van der Waals surface area (Å²) in [7, 11) is 0. The summed E-state index contributed by atoms with van der Waals surface area (Å²) in [5, 5.41) is 2.77. The van der Waals surface area contributed by atoms with Crippen LogP contribution in [0.4, 0.5) is 0 Å². The second-order valence-corrected chi connectivity index (χ2v) is 4.84. The number of carbonyl (C=O) groups excluding carboxylic acids is 2. The van der Waals surface area contributed by atoms with Crippen molar-refractivity contribution in [1.29, 1.82) is 0 Å². The number of amides is 2. The largest absolute Gasteiger partial charge is 0.344 e. The molecule has 2 amide bonds. The molecule has 19 heavy (non-hydrogen) atoms. The average Bonchev–Trinajstić information content (AvgIpc) is 2.54. The van der Waals surface area contributed by atoms with Crippen molar-refractivity contribution in [2.75, 3.05) is 6.54 Å². The van der Waals surface area contributed by atoms with Crippen molar-refractivity contribution in [2.45, 2.75) is 39.3 Å². The summed E-state index contributed by atoms with van der Waals surface area (Å²) < 4.78 is 0. The molecule has 0 aromatic carbocycles. The molecule has 2 rings (SSSR count). The first-order valence-electron chi connectivity index (χ1n) is 6.59. The summed E-state index contributed by atoms with van der Waals surface area (Å²) >= 11 is 0. The van der Waals surface area contributed by atoms with Crippen LogP contribution in [-0.2, 0) is 16.1 Å². The number of rotatable bonds is 3. The molecule has 0 spiro atoms. The number of aromatic nitrogens is 1. The molecule has 1 fully saturated rings. The lowest BCUT2D eigenvalue weighted by Gasteiger charge is -2.24. The molecular formula is C14H19N3O2. The first-order valence-corrected chi connectivity index (χ1v) is 6.59. The molecule has 1 aliphatic heterocycles. The Hall–Kier alpha value is -1.91. The van der Waals surface area contributed by atoms with Crippen molar-refractivity contribution in [3.63, 3.8) is 0 Å². The summed E-state index contributed by atoms with van der Waals surface area (Å²) in [5.74, 6) is -0.0429. The zero-order valence-electron chi connectivity index (χ0n) is 11.3. The highest BCUT2D eigenvalue weighted by molar-refractivity contribution is 5.89. The van der Waals surface area contributed by atoms with Gasteiger partial charge in [0.05, 0.1) is 0 Å². The average molecular weight is 261 g/mol. The Morgan fingerprint density at radius 1 is 1.47 bits per heavy atom. The topological polar surface area (TPSA) is 62.3 Å². The third-order valence-corrected chi connectivity index (χ3v) is 3.46. The van der Waals surface area contributed by atoms with E-state index in [2.05, 4.69) is 10.3 Å². The van der Waals surface area contributed by atoms with E-state index in [1.165, 1.54) is 0 Å². The number of nitrogens with one attached hydrogen (secondary N) is 1. The standard InChI is InChI=1S/C14H19N3O2/c1-3-12-14(19)17(7-5-13(18)16-12)9-11-4-6-15-8-10(11)2/h4,6,8,12H,3,5,7,9H2,1-2H3,(H,16,18). The van der Waals surface area contributed by atoms with Gasteiger partial charge in [-0.1, -0.05) is 6.92 Å². The highest BCUT2D eigenvalue weighted by atomic mass is 16.2. The van der Waals surface area contributed by atoms with Gasteiger partial charge in [0, 0.05) is 31.9 Å². The van der Waals surface area contributed by atoms with E-state index in [0.29, 0.717) is 25.9 Å². The molecule has 1 unspecified atom stereocenters. The zero-order chi connectivity index (χ0) is 13.8. The fourth-order valence-corrected chi connectivity index (χ4v) is 2.21. The summed E-state index contributed by atoms with van der Waals surface area (Å²) in [4.78, 5) is 29.7. The van der Waals surface area contributed by atoms with Crippen LogP contribution in [0.25, 0.3) is 0 Å². The first-order chi connectivity index (χ1) is 9.11. The van der Waals surface area contributed by atoms with Crippen LogP contribution >= 0.6 is 0 Å². The maximum Gasteiger partial charge on any atom is 0.245 e. The monoisotopic (exact) mass is 261 g/mol. The highest BCUT2D eigenvalue weighted by Gasteiger charge is 2.28. The van der Waals surface area contributed by atoms with Crippen molar-refractivity contribution >= 4 is 11.8 Å². The Labute approximate surface area is 113 Å². The number of aryl methyl sites for hydroxylation is 1. The van der Waals surface area contributed by atoms with Crippen LogP contribution in [0.1, 0.15) is 30.9 Å². The molecule has 5 nitrogen and oxygen atoms in total. The second-order valence-electron chi connectivity index (χ2n) is 4.84. The van der Waals surface area contributed by atoms with Crippen LogP contribution in [0, 0.1) is 6.92 Å². The van der Waals surface area contributed by atoms with E-state index in [9.17, 15) is 9.59 Å². The van der Waals surface area contributed by atoms with Crippen LogP contribution in [0.5, 0.6) is 0 Å². The molecule has 1 aromatic heterocycles. The van der Waals surface area contributed by atoms with E-state index in [-0.39, 0.29) is 11.8 Å². The Balaban J connectivity index is 2.16. The third-order valence-electron chi connectivity index (χ3n) is 3.46. The molecule has 1 saturated heterocycles. The zero-order valence-corrected chi connectivity index (χ0v) is 11.3. The van der Waals surface area contributed by atoms with Crippen LogP contribution in [0.2, 0.25) is 0 Å². The second kappa shape index (κ2) is 5.82. The fraction of sp³-hybridized carbons (Fsp3) is 0.500. The maximum atomic E-state index is 12.3. The van der Waals surface area contributed by atoms with Gasteiger partial charge in [-0.15, -0.1) is 0 Å². The number of hydrogen-bond donors (Lipinski definition) is 1. The molecule has 0 radical (unpaired) electrons. The summed E-state index contributed by atoms with van der Waals surface area (Å²) in [5.41, 5.74) is 2.14. The van der Waals surface area contributed by atoms with Gasteiger partial charge in [0.15, 0.2) is 0 Å². The molecule has 1 aromatic rings. The lowest BCUT2D eigenvalue weighted by atomic mass is 10.1. The minimum atomic E-state index is -0.392. The molecule has 102 valence electrons. The van der Waals surface area contributed by atoms with E-state index in [1.54, 1.807) is 17.3 Å². The van der Waals surface area contributed by atoms with Crippen molar-refractivity contribution in [2.24, 2.45) is 0 Å². The van der Waals surface area contributed by atoms with Gasteiger partial charge in [-0.05, 0) is 30.5 Å². The minimum Gasteiger partial charge on any atom is -0.344 e. The SMILES string of the molecule is CCC1NC(=O)CCN(Cc2ccncc2C)C1=O. The first kappa shape index (κ1) is 13.5. The predicted molar refractivity (Wildman–Crippen MR) is 71.2 cm³/mol. The minimum absolute atomic E-state index is 0.00422. The smallest absolute Gasteiger partial charge is 0.245 e. The number of nitrogens with zero attached hydrogens (tertiary/aromatic N) is 2. The molecule has 1 N–H and O–H groups in total. The van der Waals surface area contributed by atoms with E-state index < -0.39 is 6.04 Å². The summed E-state index contributed by atoms with van der Waals surface area (Å²) in [6.07, 6.45) is 4.51. The molecule has 0 aliphatic carbocycles. The molecule has 1 aliphatic rings. The molecular weight excluding hydrogens is 242 g/mol. The fourth-order valence-electron chi connectivity index (χ4n) is 2.21. The van der Waals surface area contributed by atoms with Gasteiger partial charge in [0.1, 0.15) is 6.04 Å². The van der Waals surface area contributed by atoms with E-state index in [4.69, 9.17) is 0 Å². The number of carbonyl (C=O) groups is 2. The van der Waals surface area contributed by atoms with Crippen LogP contribution < -0.4 is 5.32 Å². The molecule has 0 saturated carbocycles. The van der Waals surface area contributed by atoms with Gasteiger partial charge in [0.2, 0.25) is 11.8 Å². The molecule has 5 heteroatoms. The number of hydrogen-bond acceptors (Lipinski definition) is 3. The summed E-state index contributed by atoms with van der Waals surface area (Å²) in [6.45, 7) is 4.90. The Bertz CT molecular complexity index is 487. The Morgan fingerprint density at radius 3 is 2.95 bits per heavy atom. The van der Waals surface area contributed by atoms with Gasteiger partial charge in [-0.25, -0.2) is 0 Å². The van der Waals surface area contributed by atoms with Crippen molar-refractivity contribution in [1.82, 2.24) is 15.2 Å². The Kier molecular flexibility index (Phi) is 4.14. The number of pyridine rings is 1. The molecule has 2 heterocycles. The highest BCUT2D eigenvalue weighted by Crippen LogP contribution is 2.13. The third kappa shape index (κ3) is 3.10. The lowest BCUT2D eigenvalue weighted by molar-refractivity contribution is -0.134. The van der Waals surface area contributed by atoms with E-state index in [0.717, 1.165) is 11.1 Å². The van der Waals surface area contributed by atoms with Gasteiger partial charge in [-0.2, -0.15) is 0 Å². The van der Waals surface area contributed by atoms with Crippen molar-refractivity contribution in [3.05, 3.63) is 29.6 Å². The lowest BCUT2D eigenvalue weighted by Crippen LogP contribution is -2.44. The van der Waals surface area contributed by atoms with Crippen molar-refractivity contribution in [3.8, 4) is 0 Å². The molecule has 0 bridgehead atoms. The van der Waals surface area contributed by atoms with Crippen LogP contribution in [0.3, 0.4) is 0 Å². The Morgan fingerprint density at radius 2 is 2.26 bits per heavy atom. The van der Waals surface area contributed by atoms with E-state index in [1.807, 2.05) is 19.9 Å².